The third kappa shape index (κ3) is 4.45. The molecule has 1 aliphatic rings. The highest BCUT2D eigenvalue weighted by atomic mass is 19.1. The highest BCUT2D eigenvalue weighted by molar-refractivity contribution is 6.14. The van der Waals surface area contributed by atoms with Crippen LogP contribution >= 0.6 is 0 Å². The van der Waals surface area contributed by atoms with Crippen LogP contribution in [0.25, 0.3) is 22.3 Å². The molecule has 11 heteroatoms. The van der Waals surface area contributed by atoms with Crippen molar-refractivity contribution in [2.75, 3.05) is 36.4 Å². The normalized spacial score (nSPS) is 13.6. The lowest BCUT2D eigenvalue weighted by Crippen LogP contribution is -2.49. The number of nitrogens with zero attached hydrogens (tertiary/aromatic N) is 5. The lowest BCUT2D eigenvalue weighted by molar-refractivity contribution is 0.0718. The molecule has 0 bridgehead atoms. The molecule has 38 heavy (non-hydrogen) atoms. The fraction of sp³-hybridized carbons (Fsp3) is 0.148. The molecule has 1 fully saturated rings. The van der Waals surface area contributed by atoms with Crippen molar-refractivity contribution >= 4 is 34.4 Å². The summed E-state index contributed by atoms with van der Waals surface area (Å²) >= 11 is 0. The van der Waals surface area contributed by atoms with Crippen molar-refractivity contribution in [3.05, 3.63) is 90.3 Å². The van der Waals surface area contributed by atoms with E-state index in [-0.39, 0.29) is 28.9 Å². The molecule has 1 N–H and O–H groups in total. The Hall–Kier alpha value is -5.06. The molecule has 0 saturated carbocycles. The standard InChI is InChI=1S/C27H21FN6O4/c28-18-8-6-17(7-9-18)22-16-20(32-38-22)25(35)31-23-19-4-1-2-5-21(19)37-24(23)26(36)33-12-14-34(15-13-33)27-29-10-3-11-30-27/h1-11,16H,12-15H2,(H,31,35). The molecule has 5 aromatic rings. The number of furan rings is 1. The minimum Gasteiger partial charge on any atom is -0.449 e. The lowest BCUT2D eigenvalue weighted by atomic mass is 10.1. The predicted octanol–water partition coefficient (Wildman–Crippen LogP) is 4.23. The Morgan fingerprint density at radius 1 is 0.921 bits per heavy atom. The number of halogens is 1. The number of carbonyl (C=O) groups is 2. The van der Waals surface area contributed by atoms with E-state index in [0.717, 1.165) is 0 Å². The third-order valence-electron chi connectivity index (χ3n) is 6.30. The molecule has 0 spiro atoms. The van der Waals surface area contributed by atoms with E-state index < -0.39 is 5.91 Å². The summed E-state index contributed by atoms with van der Waals surface area (Å²) in [6.45, 7) is 1.99. The minimum atomic E-state index is -0.575. The molecule has 10 nitrogen and oxygen atoms in total. The maximum absolute atomic E-state index is 13.5. The molecule has 2 amide bonds. The number of nitrogens with one attached hydrogen (secondary N) is 1. The molecule has 6 rings (SSSR count). The number of fused-ring (bicyclic) bond motifs is 1. The Labute approximate surface area is 215 Å². The number of carbonyl (C=O) groups excluding carboxylic acids is 2. The maximum Gasteiger partial charge on any atom is 0.291 e. The first kappa shape index (κ1) is 23.3. The van der Waals surface area contributed by atoms with Crippen molar-refractivity contribution in [1.29, 1.82) is 0 Å². The number of amides is 2. The van der Waals surface area contributed by atoms with Crippen LogP contribution < -0.4 is 10.2 Å². The van der Waals surface area contributed by atoms with Gasteiger partial charge in [0.25, 0.3) is 11.8 Å². The van der Waals surface area contributed by atoms with Crippen LogP contribution in [-0.4, -0.2) is 58.0 Å². The maximum atomic E-state index is 13.5. The molecule has 190 valence electrons. The number of rotatable bonds is 5. The Morgan fingerprint density at radius 2 is 1.66 bits per heavy atom. The summed E-state index contributed by atoms with van der Waals surface area (Å²) < 4.78 is 24.5. The van der Waals surface area contributed by atoms with Crippen molar-refractivity contribution < 1.29 is 22.9 Å². The van der Waals surface area contributed by atoms with Gasteiger partial charge in [-0.2, -0.15) is 0 Å². The first-order valence-electron chi connectivity index (χ1n) is 11.9. The largest absolute Gasteiger partial charge is 0.449 e. The van der Waals surface area contributed by atoms with E-state index >= 15 is 0 Å². The van der Waals surface area contributed by atoms with E-state index in [1.54, 1.807) is 47.6 Å². The summed E-state index contributed by atoms with van der Waals surface area (Å²) in [4.78, 5) is 38.9. The average Bonchev–Trinajstić information content (AvgIpc) is 3.60. The second-order valence-electron chi connectivity index (χ2n) is 8.67. The second-order valence-corrected chi connectivity index (χ2v) is 8.67. The van der Waals surface area contributed by atoms with Crippen LogP contribution in [0.5, 0.6) is 0 Å². The summed E-state index contributed by atoms with van der Waals surface area (Å²) in [5.41, 5.74) is 1.30. The Balaban J connectivity index is 1.23. The zero-order valence-electron chi connectivity index (χ0n) is 20.0. The van der Waals surface area contributed by atoms with Crippen molar-refractivity contribution in [2.24, 2.45) is 0 Å². The fourth-order valence-corrected chi connectivity index (χ4v) is 4.34. The number of aromatic nitrogens is 3. The second kappa shape index (κ2) is 9.77. The van der Waals surface area contributed by atoms with Crippen LogP contribution in [0.15, 0.2) is 82.0 Å². The van der Waals surface area contributed by atoms with E-state index in [2.05, 4.69) is 20.4 Å². The van der Waals surface area contributed by atoms with Crippen LogP contribution in [0.4, 0.5) is 16.0 Å². The molecule has 0 radical (unpaired) electrons. The van der Waals surface area contributed by atoms with Crippen LogP contribution in [0.2, 0.25) is 0 Å². The number of hydrogen-bond donors (Lipinski definition) is 1. The summed E-state index contributed by atoms with van der Waals surface area (Å²) in [6, 6.07) is 15.9. The molecular formula is C27H21FN6O4. The van der Waals surface area contributed by atoms with E-state index in [4.69, 9.17) is 8.94 Å². The van der Waals surface area contributed by atoms with Gasteiger partial charge in [-0.15, -0.1) is 0 Å². The molecule has 0 aliphatic carbocycles. The molecule has 1 aliphatic heterocycles. The van der Waals surface area contributed by atoms with Gasteiger partial charge in [0, 0.05) is 55.6 Å². The highest BCUT2D eigenvalue weighted by Crippen LogP contribution is 2.33. The number of hydrogen-bond acceptors (Lipinski definition) is 8. The van der Waals surface area contributed by atoms with Gasteiger partial charge in [0.15, 0.2) is 11.5 Å². The number of piperazine rings is 1. The SMILES string of the molecule is O=C(Nc1c(C(=O)N2CCN(c3ncccn3)CC2)oc2ccccc12)c1cc(-c2ccc(F)cc2)on1. The van der Waals surface area contributed by atoms with Crippen LogP contribution in [-0.2, 0) is 0 Å². The summed E-state index contributed by atoms with van der Waals surface area (Å²) in [6.07, 6.45) is 3.36. The molecule has 3 aromatic heterocycles. The Morgan fingerprint density at radius 3 is 2.42 bits per heavy atom. The van der Waals surface area contributed by atoms with Crippen molar-refractivity contribution in [3.63, 3.8) is 0 Å². The average molecular weight is 513 g/mol. The fourth-order valence-electron chi connectivity index (χ4n) is 4.34. The van der Waals surface area contributed by atoms with Crippen LogP contribution in [0.1, 0.15) is 21.0 Å². The minimum absolute atomic E-state index is 0.00415. The van der Waals surface area contributed by atoms with E-state index in [0.29, 0.717) is 54.4 Å². The quantitative estimate of drug-likeness (QED) is 0.372. The predicted molar refractivity (Wildman–Crippen MR) is 136 cm³/mol. The Kier molecular flexibility index (Phi) is 6.00. The molecular weight excluding hydrogens is 491 g/mol. The highest BCUT2D eigenvalue weighted by Gasteiger charge is 2.30. The third-order valence-corrected chi connectivity index (χ3v) is 6.30. The van der Waals surface area contributed by atoms with Gasteiger partial charge in [0.2, 0.25) is 11.7 Å². The van der Waals surface area contributed by atoms with E-state index in [1.165, 1.54) is 30.3 Å². The smallest absolute Gasteiger partial charge is 0.291 e. The number of para-hydroxylation sites is 1. The summed E-state index contributed by atoms with van der Waals surface area (Å²) in [5.74, 6) is -0.338. The zero-order chi connectivity index (χ0) is 26.1. The van der Waals surface area contributed by atoms with Crippen molar-refractivity contribution in [1.82, 2.24) is 20.0 Å². The first-order valence-corrected chi connectivity index (χ1v) is 11.9. The van der Waals surface area contributed by atoms with Gasteiger partial charge in [-0.1, -0.05) is 17.3 Å². The first-order chi connectivity index (χ1) is 18.6. The summed E-state index contributed by atoms with van der Waals surface area (Å²) in [5, 5.41) is 7.22. The van der Waals surface area contributed by atoms with Gasteiger partial charge in [-0.25, -0.2) is 14.4 Å². The Bertz CT molecular complexity index is 1610. The van der Waals surface area contributed by atoms with Gasteiger partial charge in [0.05, 0.1) is 0 Å². The van der Waals surface area contributed by atoms with Gasteiger partial charge in [0.1, 0.15) is 17.1 Å². The van der Waals surface area contributed by atoms with Crippen molar-refractivity contribution in [3.8, 4) is 11.3 Å². The summed E-state index contributed by atoms with van der Waals surface area (Å²) in [7, 11) is 0. The van der Waals surface area contributed by atoms with Crippen molar-refractivity contribution in [2.45, 2.75) is 0 Å². The zero-order valence-corrected chi connectivity index (χ0v) is 20.0. The molecule has 0 unspecified atom stereocenters. The molecule has 2 aromatic carbocycles. The molecule has 1 saturated heterocycles. The molecule has 4 heterocycles. The monoisotopic (exact) mass is 512 g/mol. The van der Waals surface area contributed by atoms with Gasteiger partial charge in [-0.05, 0) is 42.5 Å². The molecule has 0 atom stereocenters. The van der Waals surface area contributed by atoms with E-state index in [9.17, 15) is 14.0 Å². The topological polar surface area (TPSA) is 118 Å². The van der Waals surface area contributed by atoms with Crippen LogP contribution in [0.3, 0.4) is 0 Å². The van der Waals surface area contributed by atoms with E-state index in [1.807, 2.05) is 4.90 Å². The van der Waals surface area contributed by atoms with Gasteiger partial charge >= 0.3 is 0 Å². The van der Waals surface area contributed by atoms with Gasteiger partial charge in [-0.3, -0.25) is 9.59 Å². The van der Waals surface area contributed by atoms with Gasteiger partial charge < -0.3 is 24.1 Å². The number of anilines is 2. The number of benzene rings is 2. The lowest BCUT2D eigenvalue weighted by Gasteiger charge is -2.34. The van der Waals surface area contributed by atoms with Crippen LogP contribution in [0, 0.1) is 5.82 Å².